The van der Waals surface area contributed by atoms with Gasteiger partial charge in [0.2, 0.25) is 0 Å². The van der Waals surface area contributed by atoms with Gasteiger partial charge in [-0.1, -0.05) is 29.3 Å². The summed E-state index contributed by atoms with van der Waals surface area (Å²) in [5, 5.41) is 5.30. The fourth-order valence-electron chi connectivity index (χ4n) is 2.49. The average Bonchev–Trinajstić information content (AvgIpc) is 3.13. The average molecular weight is 405 g/mol. The largest absolute Gasteiger partial charge is 0.493 e. The van der Waals surface area contributed by atoms with Gasteiger partial charge in [-0.3, -0.25) is 0 Å². The van der Waals surface area contributed by atoms with Crippen LogP contribution in [0, 0.1) is 0 Å². The lowest BCUT2D eigenvalue weighted by Gasteiger charge is -2.09. The van der Waals surface area contributed by atoms with Crippen molar-refractivity contribution in [2.24, 2.45) is 5.10 Å². The lowest BCUT2D eigenvalue weighted by Crippen LogP contribution is -2.05. The van der Waals surface area contributed by atoms with Crippen LogP contribution in [0.2, 0.25) is 10.0 Å². The van der Waals surface area contributed by atoms with Crippen LogP contribution in [0.3, 0.4) is 0 Å². The van der Waals surface area contributed by atoms with Gasteiger partial charge in [0, 0.05) is 10.6 Å². The molecule has 27 heavy (non-hydrogen) atoms. The molecule has 0 amide bonds. The molecule has 0 radical (unpaired) electrons. The summed E-state index contributed by atoms with van der Waals surface area (Å²) in [5.41, 5.74) is 4.77. The molecule has 0 unspecified atom stereocenters. The summed E-state index contributed by atoms with van der Waals surface area (Å²) in [6.45, 7) is 0.535. The molecule has 0 saturated heterocycles. The lowest BCUT2D eigenvalue weighted by atomic mass is 10.2. The fourth-order valence-corrected chi connectivity index (χ4v) is 2.99. The van der Waals surface area contributed by atoms with E-state index < -0.39 is 0 Å². The van der Waals surface area contributed by atoms with E-state index in [0.717, 1.165) is 11.1 Å². The van der Waals surface area contributed by atoms with Gasteiger partial charge >= 0.3 is 0 Å². The molecule has 3 rings (SSSR count). The fraction of sp³-hybridized carbons (Fsp3) is 0.150. The number of hydrogen-bond donors (Lipinski definition) is 1. The topological polar surface area (TPSA) is 56.0 Å². The zero-order chi connectivity index (χ0) is 19.2. The van der Waals surface area contributed by atoms with Crippen molar-refractivity contribution in [1.29, 1.82) is 0 Å². The monoisotopic (exact) mass is 404 g/mol. The van der Waals surface area contributed by atoms with E-state index in [2.05, 4.69) is 10.5 Å². The number of hydrogen-bond acceptors (Lipinski definition) is 5. The number of nitrogens with zero attached hydrogens (tertiary/aromatic N) is 1. The molecule has 5 nitrogen and oxygen atoms in total. The first-order chi connectivity index (χ1) is 13.1. The summed E-state index contributed by atoms with van der Waals surface area (Å²) in [5.74, 6) is 2.62. The minimum Gasteiger partial charge on any atom is -0.493 e. The van der Waals surface area contributed by atoms with Gasteiger partial charge in [-0.05, 0) is 48.0 Å². The van der Waals surface area contributed by atoms with E-state index in [4.69, 9.17) is 37.1 Å². The molecular formula is C20H18Cl2N2O3. The van der Waals surface area contributed by atoms with Gasteiger partial charge in [-0.15, -0.1) is 0 Å². The Morgan fingerprint density at radius 2 is 1.81 bits per heavy atom. The Morgan fingerprint density at radius 3 is 2.56 bits per heavy atom. The molecule has 140 valence electrons. The van der Waals surface area contributed by atoms with E-state index in [-0.39, 0.29) is 0 Å². The summed E-state index contributed by atoms with van der Waals surface area (Å²) >= 11 is 12.1. The number of hydrazone groups is 1. The van der Waals surface area contributed by atoms with Crippen LogP contribution in [0.4, 0.5) is 0 Å². The predicted molar refractivity (Wildman–Crippen MR) is 108 cm³/mol. The van der Waals surface area contributed by atoms with Crippen LogP contribution >= 0.6 is 23.2 Å². The van der Waals surface area contributed by atoms with Crippen molar-refractivity contribution in [3.63, 3.8) is 0 Å². The Balaban J connectivity index is 1.62. The number of rotatable bonds is 7. The summed E-state index contributed by atoms with van der Waals surface area (Å²) in [4.78, 5) is 0. The highest BCUT2D eigenvalue weighted by Crippen LogP contribution is 2.31. The Hall–Kier alpha value is -2.63. The quantitative estimate of drug-likeness (QED) is 0.423. The second-order valence-electron chi connectivity index (χ2n) is 5.61. The van der Waals surface area contributed by atoms with Crippen molar-refractivity contribution >= 4 is 29.4 Å². The molecular weight excluding hydrogens is 387 g/mol. The van der Waals surface area contributed by atoms with Crippen molar-refractivity contribution in [2.45, 2.75) is 6.54 Å². The SMILES string of the molecule is COc1ccc(CN/N=C\c2ccc(-c3ccc(Cl)cc3Cl)o2)cc1OC. The number of furan rings is 1. The molecule has 3 aromatic rings. The van der Waals surface area contributed by atoms with Gasteiger partial charge < -0.3 is 19.3 Å². The van der Waals surface area contributed by atoms with Crippen molar-refractivity contribution in [2.75, 3.05) is 14.2 Å². The highest BCUT2D eigenvalue weighted by Gasteiger charge is 2.08. The summed E-state index contributed by atoms with van der Waals surface area (Å²) in [7, 11) is 3.21. The molecule has 1 N–H and O–H groups in total. The molecule has 0 aliphatic heterocycles. The summed E-state index contributed by atoms with van der Waals surface area (Å²) < 4.78 is 16.3. The third-order valence-corrected chi connectivity index (χ3v) is 4.39. The normalized spacial score (nSPS) is 11.0. The third kappa shape index (κ3) is 4.76. The molecule has 0 atom stereocenters. The number of nitrogens with one attached hydrogen (secondary N) is 1. The van der Waals surface area contributed by atoms with Crippen molar-refractivity contribution in [3.05, 3.63) is 69.9 Å². The maximum absolute atomic E-state index is 6.20. The predicted octanol–water partition coefficient (Wildman–Crippen LogP) is 5.39. The lowest BCUT2D eigenvalue weighted by molar-refractivity contribution is 0.354. The van der Waals surface area contributed by atoms with E-state index in [1.807, 2.05) is 36.4 Å². The van der Waals surface area contributed by atoms with Crippen molar-refractivity contribution < 1.29 is 13.9 Å². The Morgan fingerprint density at radius 1 is 1.00 bits per heavy atom. The molecule has 1 aromatic heterocycles. The summed E-state index contributed by atoms with van der Waals surface area (Å²) in [6.07, 6.45) is 1.61. The van der Waals surface area contributed by atoms with Gasteiger partial charge in [0.25, 0.3) is 0 Å². The molecule has 0 fully saturated rings. The Bertz CT molecular complexity index is 954. The molecule has 0 aliphatic rings. The molecule has 2 aromatic carbocycles. The highest BCUT2D eigenvalue weighted by atomic mass is 35.5. The number of benzene rings is 2. The van der Waals surface area contributed by atoms with Crippen LogP contribution in [0.15, 0.2) is 58.0 Å². The first-order valence-electron chi connectivity index (χ1n) is 8.13. The van der Waals surface area contributed by atoms with E-state index in [0.29, 0.717) is 39.6 Å². The number of halogens is 2. The number of methoxy groups -OCH3 is 2. The molecule has 0 aliphatic carbocycles. The van der Waals surface area contributed by atoms with Gasteiger partial charge in [-0.25, -0.2) is 0 Å². The van der Waals surface area contributed by atoms with Crippen LogP contribution < -0.4 is 14.9 Å². The maximum atomic E-state index is 6.20. The second kappa shape index (κ2) is 8.84. The van der Waals surface area contributed by atoms with Crippen LogP contribution in [0.5, 0.6) is 11.5 Å². The van der Waals surface area contributed by atoms with E-state index in [1.54, 1.807) is 32.6 Å². The van der Waals surface area contributed by atoms with Crippen LogP contribution in [-0.4, -0.2) is 20.4 Å². The molecule has 0 bridgehead atoms. The molecule has 1 heterocycles. The summed E-state index contributed by atoms with van der Waals surface area (Å²) in [6, 6.07) is 14.6. The minimum absolute atomic E-state index is 0.534. The van der Waals surface area contributed by atoms with Crippen molar-refractivity contribution in [3.8, 4) is 22.8 Å². The Kier molecular flexibility index (Phi) is 6.27. The van der Waals surface area contributed by atoms with Gasteiger partial charge in [0.05, 0.1) is 32.0 Å². The highest BCUT2D eigenvalue weighted by molar-refractivity contribution is 6.36. The van der Waals surface area contributed by atoms with Gasteiger partial charge in [-0.2, -0.15) is 5.10 Å². The van der Waals surface area contributed by atoms with E-state index >= 15 is 0 Å². The zero-order valence-electron chi connectivity index (χ0n) is 14.8. The van der Waals surface area contributed by atoms with Crippen LogP contribution in [0.1, 0.15) is 11.3 Å². The smallest absolute Gasteiger partial charge is 0.161 e. The van der Waals surface area contributed by atoms with Gasteiger partial charge in [0.1, 0.15) is 11.5 Å². The maximum Gasteiger partial charge on any atom is 0.161 e. The zero-order valence-corrected chi connectivity index (χ0v) is 16.3. The van der Waals surface area contributed by atoms with Crippen molar-refractivity contribution in [1.82, 2.24) is 5.43 Å². The van der Waals surface area contributed by atoms with Gasteiger partial charge in [0.15, 0.2) is 11.5 Å². The molecule has 0 saturated carbocycles. The van der Waals surface area contributed by atoms with E-state index in [9.17, 15) is 0 Å². The minimum atomic E-state index is 0.534. The third-order valence-electron chi connectivity index (χ3n) is 3.84. The Labute approximate surface area is 167 Å². The van der Waals surface area contributed by atoms with Crippen LogP contribution in [0.25, 0.3) is 11.3 Å². The molecule has 7 heteroatoms. The second-order valence-corrected chi connectivity index (χ2v) is 6.45. The van der Waals surface area contributed by atoms with E-state index in [1.165, 1.54) is 0 Å². The van der Waals surface area contributed by atoms with Crippen LogP contribution in [-0.2, 0) is 6.54 Å². The first kappa shape index (κ1) is 19.1. The number of ether oxygens (including phenoxy) is 2. The standard InChI is InChI=1S/C20H18Cl2N2O3/c1-25-19-7-3-13(9-20(19)26-2)11-23-24-12-15-5-8-18(27-15)16-6-4-14(21)10-17(16)22/h3-10,12,23H,11H2,1-2H3/b24-12-. The first-order valence-corrected chi connectivity index (χ1v) is 8.88. The molecule has 0 spiro atoms.